The van der Waals surface area contributed by atoms with Gasteiger partial charge in [0.25, 0.3) is 5.91 Å². The first kappa shape index (κ1) is 11.4. The lowest BCUT2D eigenvalue weighted by atomic mass is 10.2. The van der Waals surface area contributed by atoms with E-state index in [4.69, 9.17) is 0 Å². The smallest absolute Gasteiger partial charge is 0.259 e. The predicted molar refractivity (Wildman–Crippen MR) is 73.0 cm³/mol. The van der Waals surface area contributed by atoms with Gasteiger partial charge in [0, 0.05) is 24.0 Å². The fourth-order valence-corrected chi connectivity index (χ4v) is 1.87. The summed E-state index contributed by atoms with van der Waals surface area (Å²) in [5.41, 5.74) is 2.31. The number of H-pyrrole nitrogens is 1. The number of hydrogen-bond donors (Lipinski definition) is 2. The molecule has 3 aromatic rings. The molecule has 5 nitrogen and oxygen atoms in total. The van der Waals surface area contributed by atoms with Crippen LogP contribution in [0, 0.1) is 6.92 Å². The Morgan fingerprint density at radius 2 is 2.16 bits per heavy atom. The molecule has 0 unspecified atom stereocenters. The molecule has 0 atom stereocenters. The van der Waals surface area contributed by atoms with Gasteiger partial charge in [0.05, 0.1) is 5.56 Å². The van der Waals surface area contributed by atoms with Gasteiger partial charge >= 0.3 is 0 Å². The van der Waals surface area contributed by atoms with Gasteiger partial charge in [0.1, 0.15) is 11.5 Å². The van der Waals surface area contributed by atoms with E-state index in [1.807, 2.05) is 19.1 Å². The van der Waals surface area contributed by atoms with Crippen LogP contribution < -0.4 is 5.32 Å². The van der Waals surface area contributed by atoms with Gasteiger partial charge < -0.3 is 10.3 Å². The first-order valence-corrected chi connectivity index (χ1v) is 5.90. The maximum absolute atomic E-state index is 12.2. The van der Waals surface area contributed by atoms with Crippen molar-refractivity contribution >= 4 is 22.8 Å². The van der Waals surface area contributed by atoms with E-state index in [0.717, 1.165) is 10.9 Å². The molecule has 0 aliphatic heterocycles. The van der Waals surface area contributed by atoms with Crippen molar-refractivity contribution in [1.29, 1.82) is 0 Å². The van der Waals surface area contributed by atoms with E-state index >= 15 is 0 Å². The molecule has 0 aliphatic rings. The van der Waals surface area contributed by atoms with Crippen LogP contribution in [0.4, 0.5) is 5.82 Å². The zero-order valence-electron chi connectivity index (χ0n) is 10.3. The van der Waals surface area contributed by atoms with E-state index in [2.05, 4.69) is 20.3 Å². The number of nitrogens with zero attached hydrogens (tertiary/aromatic N) is 2. The van der Waals surface area contributed by atoms with Crippen molar-refractivity contribution in [2.45, 2.75) is 6.92 Å². The molecule has 0 radical (unpaired) electrons. The molecule has 3 heterocycles. The Kier molecular flexibility index (Phi) is 2.72. The summed E-state index contributed by atoms with van der Waals surface area (Å²) in [4.78, 5) is 23.4. The molecule has 0 bridgehead atoms. The monoisotopic (exact) mass is 252 g/mol. The second-order valence-corrected chi connectivity index (χ2v) is 4.28. The van der Waals surface area contributed by atoms with E-state index in [9.17, 15) is 4.79 Å². The van der Waals surface area contributed by atoms with Gasteiger partial charge in [-0.25, -0.2) is 9.97 Å². The summed E-state index contributed by atoms with van der Waals surface area (Å²) < 4.78 is 0. The van der Waals surface area contributed by atoms with Crippen molar-refractivity contribution in [3.05, 3.63) is 54.0 Å². The topological polar surface area (TPSA) is 70.7 Å². The van der Waals surface area contributed by atoms with E-state index < -0.39 is 0 Å². The number of amides is 1. The zero-order valence-corrected chi connectivity index (χ0v) is 10.3. The van der Waals surface area contributed by atoms with Crippen LogP contribution in [0.5, 0.6) is 0 Å². The third-order valence-corrected chi connectivity index (χ3v) is 2.85. The molecule has 19 heavy (non-hydrogen) atoms. The predicted octanol–water partition coefficient (Wildman–Crippen LogP) is 2.52. The minimum Gasteiger partial charge on any atom is -0.345 e. The van der Waals surface area contributed by atoms with Gasteiger partial charge in [-0.3, -0.25) is 4.79 Å². The molecule has 0 aromatic carbocycles. The molecular formula is C14H12N4O. The van der Waals surface area contributed by atoms with Crippen LogP contribution in [0.2, 0.25) is 0 Å². The molecular weight excluding hydrogens is 240 g/mol. The van der Waals surface area contributed by atoms with Crippen LogP contribution in [0.25, 0.3) is 11.0 Å². The van der Waals surface area contributed by atoms with Gasteiger partial charge in [0.2, 0.25) is 0 Å². The number of fused-ring (bicyclic) bond motifs is 1. The highest BCUT2D eigenvalue weighted by Gasteiger charge is 2.12. The number of nitrogens with one attached hydrogen (secondary N) is 2. The first-order valence-electron chi connectivity index (χ1n) is 5.90. The third kappa shape index (κ3) is 2.18. The highest BCUT2D eigenvalue weighted by atomic mass is 16.1. The Morgan fingerprint density at radius 3 is 2.95 bits per heavy atom. The van der Waals surface area contributed by atoms with E-state index in [1.165, 1.54) is 0 Å². The average Bonchev–Trinajstić information content (AvgIpc) is 2.85. The lowest BCUT2D eigenvalue weighted by Crippen LogP contribution is -2.12. The number of rotatable bonds is 2. The van der Waals surface area contributed by atoms with Crippen molar-refractivity contribution in [3.8, 4) is 0 Å². The van der Waals surface area contributed by atoms with Crippen molar-refractivity contribution < 1.29 is 4.79 Å². The number of carbonyl (C=O) groups excluding carboxylic acids is 1. The normalized spacial score (nSPS) is 10.6. The number of anilines is 1. The SMILES string of the molecule is Cc1ccc(NC(=O)c2c[nH]c3ncccc23)nc1. The summed E-state index contributed by atoms with van der Waals surface area (Å²) in [5, 5.41) is 3.56. The molecule has 0 saturated heterocycles. The Hall–Kier alpha value is -2.69. The van der Waals surface area contributed by atoms with Gasteiger partial charge in [0.15, 0.2) is 0 Å². The quantitative estimate of drug-likeness (QED) is 0.736. The number of aryl methyl sites for hydroxylation is 1. The maximum atomic E-state index is 12.2. The lowest BCUT2D eigenvalue weighted by Gasteiger charge is -2.03. The number of pyridine rings is 2. The van der Waals surface area contributed by atoms with E-state index in [0.29, 0.717) is 17.0 Å². The second kappa shape index (κ2) is 4.53. The molecule has 94 valence electrons. The zero-order chi connectivity index (χ0) is 13.2. The van der Waals surface area contributed by atoms with Crippen molar-refractivity contribution in [2.75, 3.05) is 5.32 Å². The number of aromatic amines is 1. The van der Waals surface area contributed by atoms with Crippen LogP contribution in [0.15, 0.2) is 42.9 Å². The minimum absolute atomic E-state index is 0.199. The Labute approximate surface area is 109 Å². The first-order chi connectivity index (χ1) is 9.24. The Bertz CT molecular complexity index is 731. The maximum Gasteiger partial charge on any atom is 0.259 e. The third-order valence-electron chi connectivity index (χ3n) is 2.85. The summed E-state index contributed by atoms with van der Waals surface area (Å²) in [5.74, 6) is 0.337. The molecule has 1 amide bonds. The number of aromatic nitrogens is 3. The van der Waals surface area contributed by atoms with Crippen LogP contribution in [0.3, 0.4) is 0 Å². The molecule has 2 N–H and O–H groups in total. The molecule has 0 aliphatic carbocycles. The van der Waals surface area contributed by atoms with Gasteiger partial charge in [-0.05, 0) is 30.7 Å². The summed E-state index contributed by atoms with van der Waals surface area (Å²) in [6, 6.07) is 7.34. The van der Waals surface area contributed by atoms with Crippen molar-refractivity contribution in [2.24, 2.45) is 0 Å². The van der Waals surface area contributed by atoms with Crippen LogP contribution >= 0.6 is 0 Å². The second-order valence-electron chi connectivity index (χ2n) is 4.28. The molecule has 3 rings (SSSR count). The fourth-order valence-electron chi connectivity index (χ4n) is 1.87. The van der Waals surface area contributed by atoms with Gasteiger partial charge in [-0.2, -0.15) is 0 Å². The lowest BCUT2D eigenvalue weighted by molar-refractivity contribution is 0.102. The number of carbonyl (C=O) groups is 1. The standard InChI is InChI=1S/C14H12N4O/c1-9-4-5-12(16-7-9)18-14(19)11-8-17-13-10(11)3-2-6-15-13/h2-8H,1H3,(H,15,17)(H,16,18,19). The molecule has 0 spiro atoms. The summed E-state index contributed by atoms with van der Waals surface area (Å²) in [7, 11) is 0. The van der Waals surface area contributed by atoms with Gasteiger partial charge in [-0.1, -0.05) is 6.07 Å². The van der Waals surface area contributed by atoms with Gasteiger partial charge in [-0.15, -0.1) is 0 Å². The summed E-state index contributed by atoms with van der Waals surface area (Å²) >= 11 is 0. The fraction of sp³-hybridized carbons (Fsp3) is 0.0714. The van der Waals surface area contributed by atoms with E-state index in [1.54, 1.807) is 30.7 Å². The van der Waals surface area contributed by atoms with Crippen molar-refractivity contribution in [3.63, 3.8) is 0 Å². The van der Waals surface area contributed by atoms with Crippen LogP contribution in [-0.4, -0.2) is 20.9 Å². The minimum atomic E-state index is -0.199. The summed E-state index contributed by atoms with van der Waals surface area (Å²) in [6.07, 6.45) is 5.05. The number of hydrogen-bond acceptors (Lipinski definition) is 3. The van der Waals surface area contributed by atoms with E-state index in [-0.39, 0.29) is 5.91 Å². The van der Waals surface area contributed by atoms with Crippen molar-refractivity contribution in [1.82, 2.24) is 15.0 Å². The van der Waals surface area contributed by atoms with Crippen LogP contribution in [0.1, 0.15) is 15.9 Å². The highest BCUT2D eigenvalue weighted by Crippen LogP contribution is 2.17. The molecule has 5 heteroatoms. The highest BCUT2D eigenvalue weighted by molar-refractivity contribution is 6.11. The Balaban J connectivity index is 1.90. The summed E-state index contributed by atoms with van der Waals surface area (Å²) in [6.45, 7) is 1.95. The molecule has 0 saturated carbocycles. The molecule has 0 fully saturated rings. The molecule has 3 aromatic heterocycles. The Morgan fingerprint density at radius 1 is 1.26 bits per heavy atom. The average molecular weight is 252 g/mol. The van der Waals surface area contributed by atoms with Crippen LogP contribution in [-0.2, 0) is 0 Å². The largest absolute Gasteiger partial charge is 0.345 e.